The molecule has 0 saturated heterocycles. The number of carbonyl (C=O) groups excluding carboxylic acids is 1. The predicted molar refractivity (Wildman–Crippen MR) is 52.6 cm³/mol. The molecule has 1 heterocycles. The lowest BCUT2D eigenvalue weighted by atomic mass is 10.5. The smallest absolute Gasteiger partial charge is 0.179 e. The van der Waals surface area contributed by atoms with Crippen molar-refractivity contribution in [3.05, 3.63) is 16.5 Å². The van der Waals surface area contributed by atoms with Gasteiger partial charge in [-0.25, -0.2) is 8.78 Å². The van der Waals surface area contributed by atoms with Crippen LogP contribution in [0.25, 0.3) is 0 Å². The van der Waals surface area contributed by atoms with Crippen LogP contribution in [0.3, 0.4) is 0 Å². The Kier molecular flexibility index (Phi) is 2.68. The maximum atomic E-state index is 13.2. The number of aldehydes is 1. The molecule has 5 heteroatoms. The first-order valence-corrected chi connectivity index (χ1v) is 8.13. The zero-order valence-electron chi connectivity index (χ0n) is 7.65. The van der Waals surface area contributed by atoms with Crippen molar-refractivity contribution < 1.29 is 13.6 Å². The lowest BCUT2D eigenvalue weighted by molar-refractivity contribution is 0.112. The van der Waals surface area contributed by atoms with Gasteiger partial charge in [-0.1, -0.05) is 19.6 Å². The number of carbonyl (C=O) groups is 1. The van der Waals surface area contributed by atoms with Gasteiger partial charge in [0.05, 0.1) is 8.07 Å². The molecule has 0 atom stereocenters. The van der Waals surface area contributed by atoms with Crippen LogP contribution in [-0.2, 0) is 0 Å². The Morgan fingerprint density at radius 2 is 1.77 bits per heavy atom. The van der Waals surface area contributed by atoms with Crippen molar-refractivity contribution >= 4 is 30.2 Å². The van der Waals surface area contributed by atoms with Crippen LogP contribution >= 0.6 is 11.3 Å². The van der Waals surface area contributed by atoms with Crippen molar-refractivity contribution in [3.63, 3.8) is 0 Å². The summed E-state index contributed by atoms with van der Waals surface area (Å²) in [4.78, 5) is 10.2. The Labute approximate surface area is 80.4 Å². The van der Waals surface area contributed by atoms with Crippen LogP contribution in [0.4, 0.5) is 8.78 Å². The number of halogens is 2. The fourth-order valence-electron chi connectivity index (χ4n) is 0.966. The van der Waals surface area contributed by atoms with Gasteiger partial charge in [0.25, 0.3) is 0 Å². The van der Waals surface area contributed by atoms with E-state index in [4.69, 9.17) is 0 Å². The highest BCUT2D eigenvalue weighted by atomic mass is 32.1. The Bertz CT molecular complexity index is 341. The summed E-state index contributed by atoms with van der Waals surface area (Å²) < 4.78 is 26.6. The maximum Gasteiger partial charge on any atom is 0.179 e. The largest absolute Gasteiger partial charge is 0.297 e. The molecule has 0 aromatic carbocycles. The molecule has 0 aliphatic heterocycles. The molecular formula is C8H10F2OSSi. The van der Waals surface area contributed by atoms with Gasteiger partial charge in [-0.15, -0.1) is 11.3 Å². The van der Waals surface area contributed by atoms with E-state index in [0.29, 0.717) is 10.8 Å². The van der Waals surface area contributed by atoms with Gasteiger partial charge in [-0.05, 0) is 0 Å². The molecule has 1 nitrogen and oxygen atoms in total. The number of rotatable bonds is 2. The summed E-state index contributed by atoms with van der Waals surface area (Å²) >= 11 is 0.937. The normalized spacial score (nSPS) is 11.8. The van der Waals surface area contributed by atoms with E-state index in [1.54, 1.807) is 0 Å². The fourth-order valence-corrected chi connectivity index (χ4v) is 3.91. The molecule has 0 N–H and O–H groups in total. The summed E-state index contributed by atoms with van der Waals surface area (Å²) in [6.45, 7) is 5.74. The van der Waals surface area contributed by atoms with E-state index in [-0.39, 0.29) is 4.88 Å². The standard InChI is InChI=1S/C8H10F2OSSi/c1-13(2,3)8-7(10)6(9)5(4-11)12-8/h4H,1-3H3. The topological polar surface area (TPSA) is 17.1 Å². The van der Waals surface area contributed by atoms with E-state index < -0.39 is 19.7 Å². The number of hydrogen-bond donors (Lipinski definition) is 0. The minimum Gasteiger partial charge on any atom is -0.297 e. The molecule has 0 spiro atoms. The van der Waals surface area contributed by atoms with Gasteiger partial charge in [0.1, 0.15) is 4.88 Å². The first-order chi connectivity index (χ1) is 5.88. The van der Waals surface area contributed by atoms with E-state index >= 15 is 0 Å². The molecule has 0 amide bonds. The Balaban J connectivity index is 3.33. The first-order valence-electron chi connectivity index (χ1n) is 3.81. The van der Waals surface area contributed by atoms with Gasteiger partial charge in [-0.2, -0.15) is 0 Å². The monoisotopic (exact) mass is 220 g/mol. The van der Waals surface area contributed by atoms with E-state index in [1.807, 2.05) is 19.6 Å². The minimum atomic E-state index is -1.86. The molecule has 0 aliphatic rings. The van der Waals surface area contributed by atoms with Crippen molar-refractivity contribution in [3.8, 4) is 0 Å². The molecule has 0 saturated carbocycles. The summed E-state index contributed by atoms with van der Waals surface area (Å²) in [6.07, 6.45) is 0.368. The van der Waals surface area contributed by atoms with Gasteiger partial charge in [0.2, 0.25) is 0 Å². The average Bonchev–Trinajstić information content (AvgIpc) is 2.28. The lowest BCUT2D eigenvalue weighted by Gasteiger charge is -2.12. The van der Waals surface area contributed by atoms with Crippen molar-refractivity contribution in [2.45, 2.75) is 19.6 Å². The highest BCUT2D eigenvalue weighted by Crippen LogP contribution is 2.19. The summed E-state index contributed by atoms with van der Waals surface area (Å²) in [6, 6.07) is 0. The quantitative estimate of drug-likeness (QED) is 0.552. The maximum absolute atomic E-state index is 13.2. The molecule has 0 aliphatic carbocycles. The van der Waals surface area contributed by atoms with Crippen LogP contribution in [0.1, 0.15) is 9.67 Å². The van der Waals surface area contributed by atoms with Crippen LogP contribution in [0.15, 0.2) is 0 Å². The Hall–Kier alpha value is -0.553. The van der Waals surface area contributed by atoms with Crippen LogP contribution in [-0.4, -0.2) is 14.4 Å². The summed E-state index contributed by atoms with van der Waals surface area (Å²) in [7, 11) is -1.86. The number of thiophene rings is 1. The molecule has 1 rings (SSSR count). The van der Waals surface area contributed by atoms with E-state index in [1.165, 1.54) is 0 Å². The third-order valence-electron chi connectivity index (χ3n) is 1.61. The van der Waals surface area contributed by atoms with Crippen molar-refractivity contribution in [1.82, 2.24) is 0 Å². The second-order valence-electron chi connectivity index (χ2n) is 3.79. The molecule has 0 unspecified atom stereocenters. The zero-order valence-corrected chi connectivity index (χ0v) is 9.47. The lowest BCUT2D eigenvalue weighted by Crippen LogP contribution is -2.37. The van der Waals surface area contributed by atoms with E-state index in [0.717, 1.165) is 11.3 Å². The van der Waals surface area contributed by atoms with Gasteiger partial charge in [0.15, 0.2) is 17.9 Å². The summed E-state index contributed by atoms with van der Waals surface area (Å²) in [5.41, 5.74) is 0. The molecule has 0 bridgehead atoms. The van der Waals surface area contributed by atoms with E-state index in [2.05, 4.69) is 0 Å². The first kappa shape index (κ1) is 10.5. The third-order valence-corrected chi connectivity index (χ3v) is 6.21. The molecule has 0 radical (unpaired) electrons. The van der Waals surface area contributed by atoms with Crippen LogP contribution in [0, 0.1) is 11.6 Å². The van der Waals surface area contributed by atoms with Crippen molar-refractivity contribution in [2.24, 2.45) is 0 Å². The second-order valence-corrected chi connectivity index (χ2v) is 10.2. The highest BCUT2D eigenvalue weighted by molar-refractivity contribution is 7.27. The fraction of sp³-hybridized carbons (Fsp3) is 0.375. The molecule has 1 aromatic heterocycles. The molecule has 1 aromatic rings. The van der Waals surface area contributed by atoms with Crippen LogP contribution < -0.4 is 4.50 Å². The Morgan fingerprint density at radius 1 is 1.23 bits per heavy atom. The highest BCUT2D eigenvalue weighted by Gasteiger charge is 2.28. The third kappa shape index (κ3) is 1.86. The van der Waals surface area contributed by atoms with Crippen LogP contribution in [0.2, 0.25) is 19.6 Å². The minimum absolute atomic E-state index is 0.130. The van der Waals surface area contributed by atoms with Gasteiger partial charge in [0, 0.05) is 4.50 Å². The van der Waals surface area contributed by atoms with Gasteiger partial charge in [-0.3, -0.25) is 4.79 Å². The molecular weight excluding hydrogens is 210 g/mol. The average molecular weight is 220 g/mol. The van der Waals surface area contributed by atoms with Crippen molar-refractivity contribution in [1.29, 1.82) is 0 Å². The molecule has 72 valence electrons. The van der Waals surface area contributed by atoms with Crippen molar-refractivity contribution in [2.75, 3.05) is 0 Å². The Morgan fingerprint density at radius 3 is 2.00 bits per heavy atom. The van der Waals surface area contributed by atoms with Crippen LogP contribution in [0.5, 0.6) is 0 Å². The van der Waals surface area contributed by atoms with E-state index in [9.17, 15) is 13.6 Å². The number of hydrogen-bond acceptors (Lipinski definition) is 2. The molecule has 13 heavy (non-hydrogen) atoms. The second kappa shape index (κ2) is 3.30. The molecule has 0 fully saturated rings. The van der Waals surface area contributed by atoms with Gasteiger partial charge < -0.3 is 0 Å². The summed E-state index contributed by atoms with van der Waals surface area (Å²) in [5, 5.41) is 0. The SMILES string of the molecule is C[Si](C)(C)c1sc(C=O)c(F)c1F. The predicted octanol–water partition coefficient (Wildman–Crippen LogP) is 2.38. The van der Waals surface area contributed by atoms with Gasteiger partial charge >= 0.3 is 0 Å². The zero-order chi connectivity index (χ0) is 10.2. The summed E-state index contributed by atoms with van der Waals surface area (Å²) in [5.74, 6) is -1.82.